The summed E-state index contributed by atoms with van der Waals surface area (Å²) in [5, 5.41) is -0.192. The first-order valence-corrected chi connectivity index (χ1v) is 11.5. The van der Waals surface area contributed by atoms with Crippen LogP contribution < -0.4 is 0 Å². The lowest BCUT2D eigenvalue weighted by atomic mass is 10.0. The summed E-state index contributed by atoms with van der Waals surface area (Å²) in [5.74, 6) is -0.260. The van der Waals surface area contributed by atoms with Crippen molar-refractivity contribution in [2.24, 2.45) is 0 Å². The molecular weight excluding hydrogens is 386 g/mol. The molecule has 1 amide bonds. The molecule has 0 saturated heterocycles. The monoisotopic (exact) mass is 409 g/mol. The van der Waals surface area contributed by atoms with Crippen molar-refractivity contribution in [1.29, 1.82) is 0 Å². The average molecular weight is 410 g/mol. The molecule has 1 unspecified atom stereocenters. The van der Waals surface area contributed by atoms with Crippen molar-refractivity contribution in [3.05, 3.63) is 88.7 Å². The summed E-state index contributed by atoms with van der Waals surface area (Å²) in [6, 6.07) is 18.9. The minimum atomic E-state index is -3.51. The van der Waals surface area contributed by atoms with Gasteiger partial charge in [-0.3, -0.25) is 4.79 Å². The van der Waals surface area contributed by atoms with E-state index in [4.69, 9.17) is 4.42 Å². The summed E-state index contributed by atoms with van der Waals surface area (Å²) in [7, 11) is -3.51. The number of rotatable bonds is 5. The number of aryl methyl sites for hydroxylation is 2. The van der Waals surface area contributed by atoms with Gasteiger partial charge in [-0.05, 0) is 48.6 Å². The summed E-state index contributed by atoms with van der Waals surface area (Å²) in [4.78, 5) is 15.2. The number of sulfone groups is 1. The third-order valence-electron chi connectivity index (χ3n) is 5.37. The molecule has 2 aromatic carbocycles. The van der Waals surface area contributed by atoms with Gasteiger partial charge in [0.05, 0.1) is 6.04 Å². The van der Waals surface area contributed by atoms with E-state index in [1.165, 1.54) is 17.7 Å². The minimum Gasteiger partial charge on any atom is -0.440 e. The first-order chi connectivity index (χ1) is 13.8. The van der Waals surface area contributed by atoms with E-state index in [1.54, 1.807) is 4.90 Å². The van der Waals surface area contributed by atoms with E-state index in [0.717, 1.165) is 35.8 Å². The molecule has 5 nitrogen and oxygen atoms in total. The van der Waals surface area contributed by atoms with E-state index < -0.39 is 9.84 Å². The summed E-state index contributed by atoms with van der Waals surface area (Å²) < 4.78 is 28.9. The van der Waals surface area contributed by atoms with Gasteiger partial charge >= 0.3 is 0 Å². The van der Waals surface area contributed by atoms with Gasteiger partial charge in [0, 0.05) is 12.8 Å². The molecule has 1 aliphatic carbocycles. The molecule has 4 rings (SSSR count). The van der Waals surface area contributed by atoms with Crippen LogP contribution in [0.4, 0.5) is 0 Å². The normalized spacial score (nSPS) is 15.9. The number of furan rings is 1. The molecule has 3 aromatic rings. The van der Waals surface area contributed by atoms with Gasteiger partial charge in [0.15, 0.2) is 5.76 Å². The van der Waals surface area contributed by atoms with Gasteiger partial charge in [0.2, 0.25) is 14.9 Å². The summed E-state index contributed by atoms with van der Waals surface area (Å²) in [6.45, 7) is 2.45. The van der Waals surface area contributed by atoms with Gasteiger partial charge < -0.3 is 9.32 Å². The molecule has 150 valence electrons. The third kappa shape index (κ3) is 3.98. The van der Waals surface area contributed by atoms with Crippen molar-refractivity contribution < 1.29 is 17.6 Å². The molecule has 0 saturated carbocycles. The fourth-order valence-corrected chi connectivity index (χ4v) is 4.40. The Kier molecular flexibility index (Phi) is 5.04. The Balaban J connectivity index is 1.71. The van der Waals surface area contributed by atoms with Gasteiger partial charge in [-0.15, -0.1) is 0 Å². The van der Waals surface area contributed by atoms with Crippen LogP contribution in [0.5, 0.6) is 0 Å². The molecule has 29 heavy (non-hydrogen) atoms. The van der Waals surface area contributed by atoms with Gasteiger partial charge in [0.25, 0.3) is 5.91 Å². The van der Waals surface area contributed by atoms with Crippen LogP contribution in [0.25, 0.3) is 0 Å². The second kappa shape index (κ2) is 7.52. The average Bonchev–Trinajstić information content (AvgIpc) is 3.34. The molecule has 1 atom stereocenters. The van der Waals surface area contributed by atoms with Crippen LogP contribution in [-0.2, 0) is 22.8 Å². The highest BCUT2D eigenvalue weighted by Gasteiger charge is 2.33. The van der Waals surface area contributed by atoms with Crippen molar-refractivity contribution >= 4 is 15.7 Å². The number of hydrogen-bond donors (Lipinski definition) is 0. The first-order valence-electron chi connectivity index (χ1n) is 9.57. The third-order valence-corrected chi connectivity index (χ3v) is 6.32. The standard InChI is InChI=1S/C23H23NO4S/c1-16-7-9-17(10-8-16)15-24(20-12-11-18-5-3-4-6-19(18)20)23(25)21-13-14-22(28-21)29(2,26)27/h3-10,13-14,20H,11-12,15H2,1-2H3. The van der Waals surface area contributed by atoms with E-state index >= 15 is 0 Å². The molecule has 0 N–H and O–H groups in total. The molecule has 0 spiro atoms. The van der Waals surface area contributed by atoms with Crippen molar-refractivity contribution in [3.8, 4) is 0 Å². The van der Waals surface area contributed by atoms with E-state index in [9.17, 15) is 13.2 Å². The molecule has 1 aliphatic rings. The van der Waals surface area contributed by atoms with Gasteiger partial charge in [0.1, 0.15) is 0 Å². The van der Waals surface area contributed by atoms with Crippen molar-refractivity contribution in [1.82, 2.24) is 4.90 Å². The smallest absolute Gasteiger partial charge is 0.290 e. The highest BCUT2D eigenvalue weighted by molar-refractivity contribution is 7.90. The van der Waals surface area contributed by atoms with E-state index in [-0.39, 0.29) is 22.8 Å². The first kappa shape index (κ1) is 19.5. The Morgan fingerprint density at radius 2 is 1.79 bits per heavy atom. The van der Waals surface area contributed by atoms with Gasteiger partial charge in [-0.25, -0.2) is 8.42 Å². The summed E-state index contributed by atoms with van der Waals surface area (Å²) in [5.41, 5.74) is 4.56. The molecule has 0 radical (unpaired) electrons. The SMILES string of the molecule is Cc1ccc(CN(C(=O)c2ccc(S(C)(=O)=O)o2)C2CCc3ccccc32)cc1. The molecule has 1 aromatic heterocycles. The zero-order chi connectivity index (χ0) is 20.6. The van der Waals surface area contributed by atoms with Crippen LogP contribution in [0.15, 0.2) is 70.2 Å². The van der Waals surface area contributed by atoms with Crippen molar-refractivity contribution in [3.63, 3.8) is 0 Å². The van der Waals surface area contributed by atoms with Gasteiger partial charge in [-0.2, -0.15) is 0 Å². The Morgan fingerprint density at radius 1 is 1.07 bits per heavy atom. The summed E-state index contributed by atoms with van der Waals surface area (Å²) >= 11 is 0. The molecule has 0 bridgehead atoms. The fourth-order valence-electron chi connectivity index (χ4n) is 3.85. The van der Waals surface area contributed by atoms with Crippen molar-refractivity contribution in [2.45, 2.75) is 37.4 Å². The largest absolute Gasteiger partial charge is 0.440 e. The van der Waals surface area contributed by atoms with Crippen LogP contribution in [0.1, 0.15) is 45.3 Å². The van der Waals surface area contributed by atoms with Crippen LogP contribution in [0, 0.1) is 6.92 Å². The lowest BCUT2D eigenvalue weighted by Gasteiger charge is -2.29. The molecular formula is C23H23NO4S. The number of hydrogen-bond acceptors (Lipinski definition) is 4. The molecule has 1 heterocycles. The van der Waals surface area contributed by atoms with E-state index in [1.807, 2.05) is 43.3 Å². The molecule has 6 heteroatoms. The van der Waals surface area contributed by atoms with Crippen LogP contribution in [0.3, 0.4) is 0 Å². The maximum absolute atomic E-state index is 13.4. The lowest BCUT2D eigenvalue weighted by Crippen LogP contribution is -2.33. The van der Waals surface area contributed by atoms with Crippen LogP contribution in [-0.4, -0.2) is 25.5 Å². The highest BCUT2D eigenvalue weighted by Crippen LogP contribution is 2.37. The number of fused-ring (bicyclic) bond motifs is 1. The second-order valence-corrected chi connectivity index (χ2v) is 9.51. The predicted molar refractivity (Wildman–Crippen MR) is 110 cm³/mol. The zero-order valence-corrected chi connectivity index (χ0v) is 17.3. The van der Waals surface area contributed by atoms with Crippen LogP contribution >= 0.6 is 0 Å². The Morgan fingerprint density at radius 3 is 2.48 bits per heavy atom. The zero-order valence-electron chi connectivity index (χ0n) is 16.5. The molecule has 0 fully saturated rings. The Bertz CT molecular complexity index is 1150. The maximum atomic E-state index is 13.4. The predicted octanol–water partition coefficient (Wildman–Crippen LogP) is 4.32. The molecule has 0 aliphatic heterocycles. The second-order valence-electron chi connectivity index (χ2n) is 7.56. The topological polar surface area (TPSA) is 67.6 Å². The van der Waals surface area contributed by atoms with Crippen molar-refractivity contribution in [2.75, 3.05) is 6.26 Å². The highest BCUT2D eigenvalue weighted by atomic mass is 32.2. The van der Waals surface area contributed by atoms with Crippen LogP contribution in [0.2, 0.25) is 0 Å². The van der Waals surface area contributed by atoms with E-state index in [0.29, 0.717) is 6.54 Å². The summed E-state index contributed by atoms with van der Waals surface area (Å²) in [6.07, 6.45) is 2.80. The number of carbonyl (C=O) groups is 1. The minimum absolute atomic E-state index is 0.0434. The number of nitrogens with zero attached hydrogens (tertiary/aromatic N) is 1. The van der Waals surface area contributed by atoms with E-state index in [2.05, 4.69) is 12.1 Å². The quantitative estimate of drug-likeness (QED) is 0.629. The fraction of sp³-hybridized carbons (Fsp3) is 0.261. The van der Waals surface area contributed by atoms with Gasteiger partial charge in [-0.1, -0.05) is 54.1 Å². The number of carbonyl (C=O) groups excluding carboxylic acids is 1. The number of amides is 1. The maximum Gasteiger partial charge on any atom is 0.290 e. The Labute approximate surface area is 170 Å². The lowest BCUT2D eigenvalue weighted by molar-refractivity contribution is 0.0619. The number of benzene rings is 2. The Hall–Kier alpha value is -2.86.